The normalized spacial score (nSPS) is 14.7. The lowest BCUT2D eigenvalue weighted by atomic mass is 10.0. The zero-order valence-corrected chi connectivity index (χ0v) is 24.2. The van der Waals surface area contributed by atoms with Crippen molar-refractivity contribution in [3.8, 4) is 11.1 Å². The summed E-state index contributed by atoms with van der Waals surface area (Å²) in [4.78, 5) is 24.1. The second kappa shape index (κ2) is 12.5. The smallest absolute Gasteiger partial charge is 0.416 e. The molecule has 0 aromatic heterocycles. The summed E-state index contributed by atoms with van der Waals surface area (Å²) in [5.41, 5.74) is 2.84. The molecule has 228 valence electrons. The SMILES string of the molecule is O=C(O)CCc1ccc(CCNC(=O)[C@@H]2Cc3ccccc3N2S(=O)(=O)c2ccc(-c3cccc(C(F)(F)F)c3)cc2)cc1. The van der Waals surface area contributed by atoms with Crippen molar-refractivity contribution in [2.75, 3.05) is 10.8 Å². The quantitative estimate of drug-likeness (QED) is 0.230. The summed E-state index contributed by atoms with van der Waals surface area (Å²) in [5.74, 6) is -1.32. The number of rotatable bonds is 10. The van der Waals surface area contributed by atoms with Gasteiger partial charge in [-0.25, -0.2) is 8.42 Å². The molecule has 5 rings (SSSR count). The average Bonchev–Trinajstić information content (AvgIpc) is 3.41. The van der Waals surface area contributed by atoms with Crippen molar-refractivity contribution in [3.05, 3.63) is 119 Å². The molecule has 4 aromatic carbocycles. The van der Waals surface area contributed by atoms with Gasteiger partial charge < -0.3 is 10.4 Å². The van der Waals surface area contributed by atoms with Crippen molar-refractivity contribution >= 4 is 27.6 Å². The molecule has 11 heteroatoms. The number of nitrogens with zero attached hydrogens (tertiary/aromatic N) is 1. The molecule has 2 N–H and O–H groups in total. The predicted molar refractivity (Wildman–Crippen MR) is 160 cm³/mol. The number of carboxylic acids is 1. The van der Waals surface area contributed by atoms with E-state index in [1.54, 1.807) is 24.3 Å². The fraction of sp³-hybridized carbons (Fsp3) is 0.212. The number of aliphatic carboxylic acids is 1. The minimum atomic E-state index is -4.51. The number of hydrogen-bond acceptors (Lipinski definition) is 4. The summed E-state index contributed by atoms with van der Waals surface area (Å²) in [6, 6.07) is 23.6. The van der Waals surface area contributed by atoms with Crippen molar-refractivity contribution in [1.29, 1.82) is 0 Å². The summed E-state index contributed by atoms with van der Waals surface area (Å²) in [7, 11) is -4.22. The number of nitrogens with one attached hydrogen (secondary N) is 1. The van der Waals surface area contributed by atoms with E-state index >= 15 is 0 Å². The molecule has 0 saturated heterocycles. The van der Waals surface area contributed by atoms with Crippen LogP contribution in [-0.2, 0) is 45.1 Å². The summed E-state index contributed by atoms with van der Waals surface area (Å²) in [6.07, 6.45) is -3.37. The van der Waals surface area contributed by atoms with E-state index in [2.05, 4.69) is 5.32 Å². The molecule has 0 radical (unpaired) electrons. The second-order valence-electron chi connectivity index (χ2n) is 10.5. The van der Waals surface area contributed by atoms with Gasteiger partial charge >= 0.3 is 12.1 Å². The maximum absolute atomic E-state index is 13.9. The van der Waals surface area contributed by atoms with E-state index in [0.717, 1.165) is 27.6 Å². The Balaban J connectivity index is 1.31. The van der Waals surface area contributed by atoms with Crippen LogP contribution >= 0.6 is 0 Å². The predicted octanol–water partition coefficient (Wildman–Crippen LogP) is 5.87. The fourth-order valence-electron chi connectivity index (χ4n) is 5.23. The van der Waals surface area contributed by atoms with E-state index < -0.39 is 39.7 Å². The monoisotopic (exact) mass is 622 g/mol. The molecule has 1 aliphatic heterocycles. The van der Waals surface area contributed by atoms with Crippen LogP contribution in [-0.4, -0.2) is 38.0 Å². The Morgan fingerprint density at radius 1 is 0.841 bits per heavy atom. The Bertz CT molecular complexity index is 1770. The van der Waals surface area contributed by atoms with Crippen molar-refractivity contribution in [2.45, 2.75) is 42.8 Å². The van der Waals surface area contributed by atoms with E-state index in [-0.39, 0.29) is 24.3 Å². The number of fused-ring (bicyclic) bond motifs is 1. The highest BCUT2D eigenvalue weighted by Gasteiger charge is 2.42. The van der Waals surface area contributed by atoms with E-state index in [0.29, 0.717) is 35.2 Å². The van der Waals surface area contributed by atoms with Crippen LogP contribution in [0, 0.1) is 0 Å². The first-order chi connectivity index (χ1) is 20.9. The molecule has 44 heavy (non-hydrogen) atoms. The highest BCUT2D eigenvalue weighted by Crippen LogP contribution is 2.38. The number of carbonyl (C=O) groups excluding carboxylic acids is 1. The summed E-state index contributed by atoms with van der Waals surface area (Å²) < 4.78 is 68.6. The molecule has 1 heterocycles. The van der Waals surface area contributed by atoms with Gasteiger partial charge in [-0.1, -0.05) is 66.7 Å². The van der Waals surface area contributed by atoms with Gasteiger partial charge in [0.1, 0.15) is 6.04 Å². The Kier molecular flexibility index (Phi) is 8.78. The molecule has 0 fully saturated rings. The average molecular weight is 623 g/mol. The van der Waals surface area contributed by atoms with E-state index in [9.17, 15) is 31.2 Å². The number of para-hydroxylation sites is 1. The molecule has 1 atom stereocenters. The Morgan fingerprint density at radius 3 is 2.16 bits per heavy atom. The summed E-state index contributed by atoms with van der Waals surface area (Å²) in [6.45, 7) is 0.264. The van der Waals surface area contributed by atoms with Crippen LogP contribution in [0.3, 0.4) is 0 Å². The van der Waals surface area contributed by atoms with Gasteiger partial charge in [0.25, 0.3) is 10.0 Å². The Hall–Kier alpha value is -4.64. The molecule has 7 nitrogen and oxygen atoms in total. The molecule has 0 aliphatic carbocycles. The standard InChI is InChI=1S/C33H29F3N2O5S/c34-33(35,36)27-6-3-5-25(20-27)24-13-15-28(16-14-24)44(42,43)38-29-7-2-1-4-26(29)21-30(38)32(41)37-19-18-23-10-8-22(9-11-23)12-17-31(39)40/h1-11,13-16,20,30H,12,17-19,21H2,(H,37,41)(H,39,40)/t30-/m0/s1. The third kappa shape index (κ3) is 6.78. The van der Waals surface area contributed by atoms with Gasteiger partial charge in [0, 0.05) is 19.4 Å². The third-order valence-corrected chi connectivity index (χ3v) is 9.36. The van der Waals surface area contributed by atoms with Gasteiger partial charge in [-0.15, -0.1) is 0 Å². The number of amides is 1. The van der Waals surface area contributed by atoms with Crippen LogP contribution < -0.4 is 9.62 Å². The summed E-state index contributed by atoms with van der Waals surface area (Å²) in [5, 5.41) is 11.7. The Labute approximate surface area is 253 Å². The zero-order valence-electron chi connectivity index (χ0n) is 23.4. The highest BCUT2D eigenvalue weighted by atomic mass is 32.2. The Morgan fingerprint density at radius 2 is 1.50 bits per heavy atom. The van der Waals surface area contributed by atoms with Gasteiger partial charge in [0.15, 0.2) is 0 Å². The minimum absolute atomic E-state index is 0.0402. The molecule has 1 amide bonds. The number of sulfonamides is 1. The first-order valence-electron chi connectivity index (χ1n) is 13.9. The van der Waals surface area contributed by atoms with Crippen molar-refractivity contribution in [3.63, 3.8) is 0 Å². The number of anilines is 1. The molecule has 0 bridgehead atoms. The van der Waals surface area contributed by atoms with Crippen LogP contribution in [0.25, 0.3) is 11.1 Å². The summed E-state index contributed by atoms with van der Waals surface area (Å²) >= 11 is 0. The molecule has 0 unspecified atom stereocenters. The topological polar surface area (TPSA) is 104 Å². The fourth-order valence-corrected chi connectivity index (χ4v) is 6.88. The second-order valence-corrected chi connectivity index (χ2v) is 12.3. The van der Waals surface area contributed by atoms with E-state index in [1.807, 2.05) is 24.3 Å². The van der Waals surface area contributed by atoms with Crippen molar-refractivity contribution < 1.29 is 36.3 Å². The van der Waals surface area contributed by atoms with Gasteiger partial charge in [0.05, 0.1) is 16.1 Å². The maximum Gasteiger partial charge on any atom is 0.416 e. The van der Waals surface area contributed by atoms with Crippen LogP contribution in [0.15, 0.2) is 102 Å². The lowest BCUT2D eigenvalue weighted by Crippen LogP contribution is -2.48. The van der Waals surface area contributed by atoms with Crippen LogP contribution in [0.1, 0.15) is 28.7 Å². The van der Waals surface area contributed by atoms with Gasteiger partial charge in [0.2, 0.25) is 5.91 Å². The van der Waals surface area contributed by atoms with Crippen LogP contribution in [0.5, 0.6) is 0 Å². The first-order valence-corrected chi connectivity index (χ1v) is 15.3. The third-order valence-electron chi connectivity index (χ3n) is 7.53. The number of carboxylic acid groups (broad SMARTS) is 1. The largest absolute Gasteiger partial charge is 0.481 e. The number of halogens is 3. The highest BCUT2D eigenvalue weighted by molar-refractivity contribution is 7.93. The lowest BCUT2D eigenvalue weighted by molar-refractivity contribution is -0.138. The van der Waals surface area contributed by atoms with Gasteiger partial charge in [-0.05, 0) is 71.0 Å². The first kappa shape index (κ1) is 30.8. The van der Waals surface area contributed by atoms with Gasteiger partial charge in [-0.3, -0.25) is 13.9 Å². The molecule has 4 aromatic rings. The molecule has 0 spiro atoms. The van der Waals surface area contributed by atoms with Crippen molar-refractivity contribution in [1.82, 2.24) is 5.32 Å². The van der Waals surface area contributed by atoms with Crippen LogP contribution in [0.2, 0.25) is 0 Å². The molecular formula is C33H29F3N2O5S. The molecular weight excluding hydrogens is 593 g/mol. The number of benzene rings is 4. The molecule has 1 aliphatic rings. The van der Waals surface area contributed by atoms with Crippen molar-refractivity contribution in [2.24, 2.45) is 0 Å². The number of aryl methyl sites for hydroxylation is 1. The number of alkyl halides is 3. The lowest BCUT2D eigenvalue weighted by Gasteiger charge is -2.26. The van der Waals surface area contributed by atoms with E-state index in [4.69, 9.17) is 5.11 Å². The number of carbonyl (C=O) groups is 2. The minimum Gasteiger partial charge on any atom is -0.481 e. The molecule has 0 saturated carbocycles. The van der Waals surface area contributed by atoms with E-state index in [1.165, 1.54) is 36.4 Å². The van der Waals surface area contributed by atoms with Crippen LogP contribution in [0.4, 0.5) is 18.9 Å². The maximum atomic E-state index is 13.9. The number of hydrogen-bond donors (Lipinski definition) is 2. The zero-order chi connectivity index (χ0) is 31.5. The van der Waals surface area contributed by atoms with Gasteiger partial charge in [-0.2, -0.15) is 13.2 Å².